The number of aromatic nitrogens is 2. The maximum atomic E-state index is 12.5. The van der Waals surface area contributed by atoms with Gasteiger partial charge in [-0.3, -0.25) is 9.59 Å². The third-order valence-corrected chi connectivity index (χ3v) is 4.90. The lowest BCUT2D eigenvalue weighted by Crippen LogP contribution is -2.29. The quantitative estimate of drug-likeness (QED) is 0.570. The van der Waals surface area contributed by atoms with Crippen LogP contribution in [0, 0.1) is 0 Å². The van der Waals surface area contributed by atoms with Gasteiger partial charge in [0.15, 0.2) is 0 Å². The summed E-state index contributed by atoms with van der Waals surface area (Å²) in [5, 5.41) is 7.18. The normalized spacial score (nSPS) is 10.5. The standard InChI is InChI=1S/C24H28N4O3/c1-4-27(5-2)20-11-9-19(10-12-20)25-23(29)17-28-24(30)16-15-22(26-28)18-7-13-21(14-8-18)31-6-3/h7-16H,4-6,17H2,1-3H3,(H,25,29). The Labute approximate surface area is 182 Å². The van der Waals surface area contributed by atoms with E-state index in [-0.39, 0.29) is 18.0 Å². The average Bonchev–Trinajstić information content (AvgIpc) is 2.78. The molecule has 0 unspecified atom stereocenters. The van der Waals surface area contributed by atoms with Crippen molar-refractivity contribution in [3.8, 4) is 17.0 Å². The van der Waals surface area contributed by atoms with Crippen molar-refractivity contribution in [2.75, 3.05) is 29.9 Å². The number of hydrogen-bond acceptors (Lipinski definition) is 5. The van der Waals surface area contributed by atoms with E-state index in [1.54, 1.807) is 6.07 Å². The van der Waals surface area contributed by atoms with Gasteiger partial charge in [0.1, 0.15) is 12.3 Å². The molecule has 3 aromatic rings. The SMILES string of the molecule is CCOc1ccc(-c2ccc(=O)n(CC(=O)Nc3ccc(N(CC)CC)cc3)n2)cc1. The number of benzene rings is 2. The Bertz CT molecular complexity index is 1060. The first-order chi connectivity index (χ1) is 15.0. The summed E-state index contributed by atoms with van der Waals surface area (Å²) < 4.78 is 6.62. The molecule has 0 saturated heterocycles. The topological polar surface area (TPSA) is 76.5 Å². The summed E-state index contributed by atoms with van der Waals surface area (Å²) in [5.74, 6) is 0.458. The number of ether oxygens (including phenoxy) is 1. The van der Waals surface area contributed by atoms with Gasteiger partial charge in [0.25, 0.3) is 5.56 Å². The van der Waals surface area contributed by atoms with Crippen LogP contribution in [-0.2, 0) is 11.3 Å². The molecule has 1 amide bonds. The highest BCUT2D eigenvalue weighted by Crippen LogP contribution is 2.20. The fourth-order valence-corrected chi connectivity index (χ4v) is 3.29. The molecule has 0 bridgehead atoms. The molecule has 1 N–H and O–H groups in total. The van der Waals surface area contributed by atoms with Crippen LogP contribution in [0.4, 0.5) is 11.4 Å². The van der Waals surface area contributed by atoms with Crippen LogP contribution in [0.2, 0.25) is 0 Å². The highest BCUT2D eigenvalue weighted by atomic mass is 16.5. The molecule has 31 heavy (non-hydrogen) atoms. The number of carbonyl (C=O) groups excluding carboxylic acids is 1. The van der Waals surface area contributed by atoms with Crippen LogP contribution in [0.25, 0.3) is 11.3 Å². The summed E-state index contributed by atoms with van der Waals surface area (Å²) in [4.78, 5) is 26.9. The van der Waals surface area contributed by atoms with Gasteiger partial charge in [-0.25, -0.2) is 4.68 Å². The van der Waals surface area contributed by atoms with Crippen LogP contribution in [-0.4, -0.2) is 35.4 Å². The van der Waals surface area contributed by atoms with Crippen LogP contribution in [0.3, 0.4) is 0 Å². The summed E-state index contributed by atoms with van der Waals surface area (Å²) in [7, 11) is 0. The van der Waals surface area contributed by atoms with Gasteiger partial charge in [0.2, 0.25) is 5.91 Å². The number of amides is 1. The van der Waals surface area contributed by atoms with Crippen molar-refractivity contribution < 1.29 is 9.53 Å². The van der Waals surface area contributed by atoms with E-state index >= 15 is 0 Å². The molecule has 1 aromatic heterocycles. The molecule has 0 fully saturated rings. The van der Waals surface area contributed by atoms with E-state index in [0.717, 1.165) is 30.1 Å². The van der Waals surface area contributed by atoms with Gasteiger partial charge in [0, 0.05) is 36.1 Å². The molecule has 0 aliphatic heterocycles. The minimum Gasteiger partial charge on any atom is -0.494 e. The molecule has 0 radical (unpaired) electrons. The van der Waals surface area contributed by atoms with E-state index in [1.165, 1.54) is 10.7 Å². The second-order valence-corrected chi connectivity index (χ2v) is 6.94. The van der Waals surface area contributed by atoms with E-state index in [0.29, 0.717) is 18.0 Å². The smallest absolute Gasteiger partial charge is 0.267 e. The molecule has 7 heteroatoms. The summed E-state index contributed by atoms with van der Waals surface area (Å²) in [6, 6.07) is 18.2. The molecular formula is C24H28N4O3. The molecule has 0 spiro atoms. The van der Waals surface area contributed by atoms with Crippen molar-refractivity contribution >= 4 is 17.3 Å². The zero-order valence-corrected chi connectivity index (χ0v) is 18.2. The Hall–Kier alpha value is -3.61. The Balaban J connectivity index is 1.69. The first-order valence-electron chi connectivity index (χ1n) is 10.5. The molecule has 2 aromatic carbocycles. The van der Waals surface area contributed by atoms with Crippen LogP contribution >= 0.6 is 0 Å². The van der Waals surface area contributed by atoms with Crippen LogP contribution in [0.15, 0.2) is 65.5 Å². The van der Waals surface area contributed by atoms with Crippen molar-refractivity contribution in [1.82, 2.24) is 9.78 Å². The lowest BCUT2D eigenvalue weighted by atomic mass is 10.1. The minimum atomic E-state index is -0.332. The van der Waals surface area contributed by atoms with Gasteiger partial charge in [-0.1, -0.05) is 0 Å². The Morgan fingerprint density at radius 1 is 0.968 bits per heavy atom. The molecule has 0 aliphatic rings. The maximum Gasteiger partial charge on any atom is 0.267 e. The largest absolute Gasteiger partial charge is 0.494 e. The molecule has 162 valence electrons. The molecule has 1 heterocycles. The lowest BCUT2D eigenvalue weighted by molar-refractivity contribution is -0.117. The van der Waals surface area contributed by atoms with Crippen molar-refractivity contribution in [3.63, 3.8) is 0 Å². The van der Waals surface area contributed by atoms with Crippen molar-refractivity contribution in [2.24, 2.45) is 0 Å². The number of hydrogen-bond donors (Lipinski definition) is 1. The second kappa shape index (κ2) is 10.4. The van der Waals surface area contributed by atoms with Crippen molar-refractivity contribution in [3.05, 3.63) is 71.0 Å². The van der Waals surface area contributed by atoms with Crippen molar-refractivity contribution in [1.29, 1.82) is 0 Å². The zero-order chi connectivity index (χ0) is 22.2. The van der Waals surface area contributed by atoms with Crippen LogP contribution < -0.4 is 20.5 Å². The van der Waals surface area contributed by atoms with Gasteiger partial charge in [-0.15, -0.1) is 0 Å². The van der Waals surface area contributed by atoms with Gasteiger partial charge >= 0.3 is 0 Å². The van der Waals surface area contributed by atoms with E-state index in [4.69, 9.17) is 4.74 Å². The number of nitrogens with one attached hydrogen (secondary N) is 1. The third-order valence-electron chi connectivity index (χ3n) is 4.90. The summed E-state index contributed by atoms with van der Waals surface area (Å²) in [6.45, 7) is 8.40. The Kier molecular flexibility index (Phi) is 7.43. The van der Waals surface area contributed by atoms with Crippen molar-refractivity contribution in [2.45, 2.75) is 27.3 Å². The molecule has 3 rings (SSSR count). The average molecular weight is 421 g/mol. The van der Waals surface area contributed by atoms with E-state index in [9.17, 15) is 9.59 Å². The van der Waals surface area contributed by atoms with Gasteiger partial charge < -0.3 is 15.0 Å². The number of nitrogens with zero attached hydrogens (tertiary/aromatic N) is 3. The first-order valence-corrected chi connectivity index (χ1v) is 10.5. The fourth-order valence-electron chi connectivity index (χ4n) is 3.29. The fraction of sp³-hybridized carbons (Fsp3) is 0.292. The van der Waals surface area contributed by atoms with Gasteiger partial charge in [-0.2, -0.15) is 5.10 Å². The van der Waals surface area contributed by atoms with Crippen LogP contribution in [0.1, 0.15) is 20.8 Å². The van der Waals surface area contributed by atoms with E-state index < -0.39 is 0 Å². The Morgan fingerprint density at radius 3 is 2.26 bits per heavy atom. The predicted octanol–water partition coefficient (Wildman–Crippen LogP) is 3.79. The highest BCUT2D eigenvalue weighted by Gasteiger charge is 2.09. The first kappa shape index (κ1) is 22.1. The summed E-state index contributed by atoms with van der Waals surface area (Å²) in [6.07, 6.45) is 0. The summed E-state index contributed by atoms with van der Waals surface area (Å²) >= 11 is 0. The highest BCUT2D eigenvalue weighted by molar-refractivity contribution is 5.90. The molecular weight excluding hydrogens is 392 g/mol. The number of rotatable bonds is 9. The summed E-state index contributed by atoms with van der Waals surface area (Å²) in [5.41, 5.74) is 2.89. The number of carbonyl (C=O) groups is 1. The monoisotopic (exact) mass is 420 g/mol. The van der Waals surface area contributed by atoms with Gasteiger partial charge in [0.05, 0.1) is 12.3 Å². The van der Waals surface area contributed by atoms with E-state index in [2.05, 4.69) is 29.2 Å². The molecule has 0 atom stereocenters. The predicted molar refractivity (Wildman–Crippen MR) is 124 cm³/mol. The molecule has 0 aliphatic carbocycles. The third kappa shape index (κ3) is 5.72. The molecule has 7 nitrogen and oxygen atoms in total. The van der Waals surface area contributed by atoms with Crippen LogP contribution in [0.5, 0.6) is 5.75 Å². The zero-order valence-electron chi connectivity index (χ0n) is 18.2. The number of anilines is 2. The van der Waals surface area contributed by atoms with E-state index in [1.807, 2.05) is 55.5 Å². The lowest BCUT2D eigenvalue weighted by Gasteiger charge is -2.21. The second-order valence-electron chi connectivity index (χ2n) is 6.94. The minimum absolute atomic E-state index is 0.165. The maximum absolute atomic E-state index is 12.5. The Morgan fingerprint density at radius 2 is 1.65 bits per heavy atom. The van der Waals surface area contributed by atoms with Gasteiger partial charge in [-0.05, 0) is 75.4 Å². The molecule has 0 saturated carbocycles.